The Kier molecular flexibility index (Phi) is 8.37. The quantitative estimate of drug-likeness (QED) is 0.628. The zero-order valence-corrected chi connectivity index (χ0v) is 19.6. The molecule has 0 radical (unpaired) electrons. The molecule has 0 aromatic carbocycles. The average molecular weight is 454 g/mol. The Morgan fingerprint density at radius 1 is 1.38 bits per heavy atom. The number of nitriles is 1. The Balaban J connectivity index is 1.57. The van der Waals surface area contributed by atoms with Crippen LogP contribution in [-0.4, -0.2) is 51.8 Å². The van der Waals surface area contributed by atoms with Gasteiger partial charge in [-0.25, -0.2) is 0 Å². The molecule has 0 aliphatic carbocycles. The molecule has 1 atom stereocenters. The van der Waals surface area contributed by atoms with Crippen molar-refractivity contribution in [2.45, 2.75) is 64.6 Å². The molecule has 1 aliphatic heterocycles. The number of thiophene rings is 1. The van der Waals surface area contributed by atoms with Gasteiger partial charge in [0.2, 0.25) is 5.91 Å². The molecule has 0 saturated carbocycles. The van der Waals surface area contributed by atoms with Crippen LogP contribution in [0.25, 0.3) is 0 Å². The zero-order valence-electron chi connectivity index (χ0n) is 18.8. The number of piperidine rings is 1. The molecule has 0 bridgehead atoms. The van der Waals surface area contributed by atoms with Gasteiger partial charge < -0.3 is 15.5 Å². The third-order valence-corrected chi connectivity index (χ3v) is 7.06. The monoisotopic (exact) mass is 453 g/mol. The predicted molar refractivity (Wildman–Crippen MR) is 125 cm³/mol. The molecular formula is C24H31N5O2S. The highest BCUT2D eigenvalue weighted by atomic mass is 32.1. The first-order valence-corrected chi connectivity index (χ1v) is 12.0. The normalized spacial score (nSPS) is 15.8. The maximum atomic E-state index is 12.6. The molecule has 0 unspecified atom stereocenters. The number of primary amides is 1. The number of pyridine rings is 1. The maximum Gasteiger partial charge on any atom is 0.250 e. The largest absolute Gasteiger partial charge is 0.366 e. The van der Waals surface area contributed by atoms with Crippen molar-refractivity contribution in [1.82, 2.24) is 14.8 Å². The summed E-state index contributed by atoms with van der Waals surface area (Å²) in [7, 11) is 0. The van der Waals surface area contributed by atoms with Crippen molar-refractivity contribution < 1.29 is 9.59 Å². The van der Waals surface area contributed by atoms with Crippen LogP contribution in [0.3, 0.4) is 0 Å². The first kappa shape index (κ1) is 23.9. The molecular weight excluding hydrogens is 422 g/mol. The fourth-order valence-electron chi connectivity index (χ4n) is 4.48. The number of carbonyl (C=O) groups excluding carboxylic acids is 2. The summed E-state index contributed by atoms with van der Waals surface area (Å²) in [6, 6.07) is 6.34. The second-order valence-corrected chi connectivity index (χ2v) is 9.24. The third-order valence-electron chi connectivity index (χ3n) is 6.33. The van der Waals surface area contributed by atoms with E-state index in [-0.39, 0.29) is 18.4 Å². The van der Waals surface area contributed by atoms with Crippen LogP contribution in [0.15, 0.2) is 29.1 Å². The summed E-state index contributed by atoms with van der Waals surface area (Å²) in [5, 5.41) is 13.1. The van der Waals surface area contributed by atoms with Crippen LogP contribution >= 0.6 is 11.3 Å². The number of aromatic nitrogens is 1. The lowest BCUT2D eigenvalue weighted by Crippen LogP contribution is -2.49. The van der Waals surface area contributed by atoms with E-state index in [2.05, 4.69) is 22.2 Å². The van der Waals surface area contributed by atoms with Crippen molar-refractivity contribution in [2.24, 2.45) is 5.73 Å². The molecule has 7 nitrogen and oxygen atoms in total. The number of rotatable bonds is 9. The number of hydrogen-bond donors (Lipinski definition) is 1. The number of carbonyl (C=O) groups is 2. The lowest BCUT2D eigenvalue weighted by Gasteiger charge is -2.40. The van der Waals surface area contributed by atoms with Gasteiger partial charge in [0.05, 0.1) is 17.3 Å². The average Bonchev–Trinajstić information content (AvgIpc) is 3.29. The van der Waals surface area contributed by atoms with Crippen molar-refractivity contribution >= 4 is 23.2 Å². The Hall–Kier alpha value is -2.76. The molecule has 3 heterocycles. The van der Waals surface area contributed by atoms with Crippen LogP contribution in [0, 0.1) is 18.3 Å². The fourth-order valence-corrected chi connectivity index (χ4v) is 5.14. The van der Waals surface area contributed by atoms with Crippen molar-refractivity contribution in [2.75, 3.05) is 13.1 Å². The van der Waals surface area contributed by atoms with E-state index in [9.17, 15) is 9.59 Å². The number of nitrogens with zero attached hydrogens (tertiary/aromatic N) is 4. The summed E-state index contributed by atoms with van der Waals surface area (Å²) in [6.07, 6.45) is 5.02. The van der Waals surface area contributed by atoms with E-state index in [1.54, 1.807) is 17.5 Å². The molecule has 2 aromatic rings. The van der Waals surface area contributed by atoms with Gasteiger partial charge in [-0.1, -0.05) is 0 Å². The van der Waals surface area contributed by atoms with Crippen LogP contribution < -0.4 is 5.73 Å². The van der Waals surface area contributed by atoms with Crippen LogP contribution in [0.1, 0.15) is 59.8 Å². The highest BCUT2D eigenvalue weighted by Crippen LogP contribution is 2.24. The highest BCUT2D eigenvalue weighted by Gasteiger charge is 2.29. The van der Waals surface area contributed by atoms with Crippen LogP contribution in [-0.2, 0) is 17.8 Å². The second kappa shape index (κ2) is 11.2. The van der Waals surface area contributed by atoms with Crippen molar-refractivity contribution in [3.05, 3.63) is 51.5 Å². The molecule has 1 fully saturated rings. The highest BCUT2D eigenvalue weighted by molar-refractivity contribution is 7.07. The van der Waals surface area contributed by atoms with E-state index in [0.29, 0.717) is 24.6 Å². The number of likely N-dealkylation sites (tertiary alicyclic amines) is 1. The van der Waals surface area contributed by atoms with Gasteiger partial charge in [-0.2, -0.15) is 16.6 Å². The molecule has 2 N–H and O–H groups in total. The topological polar surface area (TPSA) is 103 Å². The minimum Gasteiger partial charge on any atom is -0.366 e. The van der Waals surface area contributed by atoms with Crippen molar-refractivity contribution in [3.8, 4) is 6.07 Å². The zero-order chi connectivity index (χ0) is 23.1. The van der Waals surface area contributed by atoms with E-state index in [1.807, 2.05) is 35.4 Å². The summed E-state index contributed by atoms with van der Waals surface area (Å²) in [6.45, 7) is 6.45. The van der Waals surface area contributed by atoms with Crippen LogP contribution in [0.5, 0.6) is 0 Å². The van der Waals surface area contributed by atoms with E-state index in [1.165, 1.54) is 0 Å². The summed E-state index contributed by atoms with van der Waals surface area (Å²) in [4.78, 5) is 33.2. The van der Waals surface area contributed by atoms with Gasteiger partial charge in [0.1, 0.15) is 6.42 Å². The molecule has 8 heteroatoms. The molecule has 2 amide bonds. The van der Waals surface area contributed by atoms with Crippen LogP contribution in [0.4, 0.5) is 0 Å². The predicted octanol–water partition coefficient (Wildman–Crippen LogP) is 3.28. The molecule has 2 aromatic heterocycles. The van der Waals surface area contributed by atoms with Gasteiger partial charge in [0, 0.05) is 37.9 Å². The van der Waals surface area contributed by atoms with E-state index < -0.39 is 5.91 Å². The Morgan fingerprint density at radius 3 is 2.75 bits per heavy atom. The van der Waals surface area contributed by atoms with Gasteiger partial charge in [0.15, 0.2) is 0 Å². The van der Waals surface area contributed by atoms with Gasteiger partial charge in [0.25, 0.3) is 5.91 Å². The smallest absolute Gasteiger partial charge is 0.250 e. The van der Waals surface area contributed by atoms with Crippen LogP contribution in [0.2, 0.25) is 0 Å². The molecule has 1 saturated heterocycles. The lowest BCUT2D eigenvalue weighted by molar-refractivity contribution is -0.134. The fraction of sp³-hybridized carbons (Fsp3) is 0.500. The van der Waals surface area contributed by atoms with Gasteiger partial charge in [-0.05, 0) is 73.6 Å². The minimum atomic E-state index is -0.424. The first-order chi connectivity index (χ1) is 15.4. The third kappa shape index (κ3) is 5.93. The lowest BCUT2D eigenvalue weighted by atomic mass is 9.98. The number of amides is 2. The summed E-state index contributed by atoms with van der Waals surface area (Å²) >= 11 is 1.62. The number of hydrogen-bond acceptors (Lipinski definition) is 6. The first-order valence-electron chi connectivity index (χ1n) is 11.1. The summed E-state index contributed by atoms with van der Waals surface area (Å²) < 4.78 is 0. The molecule has 1 aliphatic rings. The summed E-state index contributed by atoms with van der Waals surface area (Å²) in [5.41, 5.74) is 8.85. The van der Waals surface area contributed by atoms with Crippen molar-refractivity contribution in [1.29, 1.82) is 5.26 Å². The Morgan fingerprint density at radius 2 is 2.12 bits per heavy atom. The molecule has 32 heavy (non-hydrogen) atoms. The van der Waals surface area contributed by atoms with E-state index in [0.717, 1.165) is 49.2 Å². The SMILES string of the molecule is Cc1ccnc(CC[C@@H](C)N2CCC(N(Cc3ccsc3)C(=O)CC#N)CC2)c1C(N)=O. The second-order valence-electron chi connectivity index (χ2n) is 8.46. The standard InChI is InChI=1S/C24H31N5O2S/c1-17-6-11-27-21(23(17)24(26)31)4-3-18(2)28-12-7-20(8-13-28)29(22(30)5-10-25)15-19-9-14-32-16-19/h6,9,11,14,16,18,20H,3-5,7-8,12-13,15H2,1-2H3,(H2,26,31)/t18-/m1/s1. The van der Waals surface area contributed by atoms with Crippen molar-refractivity contribution in [3.63, 3.8) is 0 Å². The van der Waals surface area contributed by atoms with Gasteiger partial charge >= 0.3 is 0 Å². The number of nitrogens with two attached hydrogens (primary N) is 1. The molecule has 0 spiro atoms. The Bertz CT molecular complexity index is 961. The minimum absolute atomic E-state index is 0.0769. The van der Waals surface area contributed by atoms with Gasteiger partial charge in [-0.3, -0.25) is 14.6 Å². The van der Waals surface area contributed by atoms with E-state index >= 15 is 0 Å². The molecule has 170 valence electrons. The van der Waals surface area contributed by atoms with Gasteiger partial charge in [-0.15, -0.1) is 0 Å². The molecule has 3 rings (SSSR count). The maximum absolute atomic E-state index is 12.6. The van der Waals surface area contributed by atoms with E-state index in [4.69, 9.17) is 11.0 Å². The summed E-state index contributed by atoms with van der Waals surface area (Å²) in [5.74, 6) is -0.512. The Labute approximate surface area is 193 Å². The number of aryl methyl sites for hydroxylation is 2.